The number of aromatic nitrogens is 3. The van der Waals surface area contributed by atoms with E-state index < -0.39 is 0 Å². The van der Waals surface area contributed by atoms with Crippen LogP contribution in [0.3, 0.4) is 0 Å². The van der Waals surface area contributed by atoms with Gasteiger partial charge in [-0.15, -0.1) is 0 Å². The molecular weight excluding hydrogens is 180 g/mol. The summed E-state index contributed by atoms with van der Waals surface area (Å²) in [6.45, 7) is 0.737. The lowest BCUT2D eigenvalue weighted by Gasteiger charge is -2.25. The van der Waals surface area contributed by atoms with Crippen molar-refractivity contribution < 1.29 is 5.11 Å². The Kier molecular flexibility index (Phi) is 3.10. The van der Waals surface area contributed by atoms with Crippen LogP contribution in [-0.4, -0.2) is 32.4 Å². The third-order valence-electron chi connectivity index (χ3n) is 2.72. The first kappa shape index (κ1) is 9.61. The molecule has 0 aromatic carbocycles. The summed E-state index contributed by atoms with van der Waals surface area (Å²) < 4.78 is 0. The normalized spacial score (nSPS) is 27.8. The fraction of sp³-hybridized carbons (Fsp3) is 0.778. The summed E-state index contributed by atoms with van der Waals surface area (Å²) >= 11 is 0. The molecule has 1 aliphatic carbocycles. The molecule has 1 heterocycles. The molecule has 78 valence electrons. The number of rotatable bonds is 3. The molecule has 1 fully saturated rings. The Morgan fingerprint density at radius 2 is 2.21 bits per heavy atom. The summed E-state index contributed by atoms with van der Waals surface area (Å²) in [5, 5.41) is 19.3. The highest BCUT2D eigenvalue weighted by molar-refractivity contribution is 4.82. The summed E-state index contributed by atoms with van der Waals surface area (Å²) in [5.74, 6) is 0.871. The Morgan fingerprint density at radius 1 is 1.43 bits per heavy atom. The van der Waals surface area contributed by atoms with Gasteiger partial charge < -0.3 is 10.4 Å². The number of aliphatic hydroxyl groups is 1. The average Bonchev–Trinajstić information content (AvgIpc) is 2.70. The Hall–Kier alpha value is -0.940. The van der Waals surface area contributed by atoms with Gasteiger partial charge in [0.15, 0.2) is 0 Å². The smallest absolute Gasteiger partial charge is 0.138 e. The molecular formula is C9H16N4O. The van der Waals surface area contributed by atoms with Crippen molar-refractivity contribution in [1.82, 2.24) is 20.5 Å². The topological polar surface area (TPSA) is 73.8 Å². The van der Waals surface area contributed by atoms with Gasteiger partial charge in [-0.1, -0.05) is 0 Å². The van der Waals surface area contributed by atoms with Gasteiger partial charge >= 0.3 is 0 Å². The van der Waals surface area contributed by atoms with Crippen LogP contribution >= 0.6 is 0 Å². The first-order valence-corrected chi connectivity index (χ1v) is 5.10. The van der Waals surface area contributed by atoms with Crippen molar-refractivity contribution in [3.05, 3.63) is 12.2 Å². The molecule has 1 saturated carbocycles. The van der Waals surface area contributed by atoms with Gasteiger partial charge in [-0.3, -0.25) is 5.10 Å². The first-order chi connectivity index (χ1) is 6.84. The highest BCUT2D eigenvalue weighted by Gasteiger charge is 2.18. The van der Waals surface area contributed by atoms with Gasteiger partial charge in [-0.25, -0.2) is 4.98 Å². The molecule has 0 atom stereocenters. The van der Waals surface area contributed by atoms with E-state index in [0.717, 1.165) is 38.1 Å². The first-order valence-electron chi connectivity index (χ1n) is 5.10. The van der Waals surface area contributed by atoms with Crippen LogP contribution in [0.15, 0.2) is 6.33 Å². The zero-order chi connectivity index (χ0) is 9.80. The Morgan fingerprint density at radius 3 is 2.86 bits per heavy atom. The Labute approximate surface area is 82.9 Å². The van der Waals surface area contributed by atoms with Crippen LogP contribution in [0.1, 0.15) is 31.5 Å². The number of aliphatic hydroxyl groups excluding tert-OH is 1. The second-order valence-corrected chi connectivity index (χ2v) is 3.82. The maximum atomic E-state index is 9.32. The van der Waals surface area contributed by atoms with Gasteiger partial charge in [0.25, 0.3) is 0 Å². The molecule has 0 bridgehead atoms. The van der Waals surface area contributed by atoms with E-state index in [4.69, 9.17) is 0 Å². The van der Waals surface area contributed by atoms with E-state index in [1.54, 1.807) is 0 Å². The van der Waals surface area contributed by atoms with Crippen LogP contribution in [0.25, 0.3) is 0 Å². The van der Waals surface area contributed by atoms with Crippen molar-refractivity contribution >= 4 is 0 Å². The third kappa shape index (κ3) is 2.52. The summed E-state index contributed by atoms with van der Waals surface area (Å²) in [6.07, 6.45) is 5.35. The largest absolute Gasteiger partial charge is 0.393 e. The minimum Gasteiger partial charge on any atom is -0.393 e. The Bertz CT molecular complexity index is 254. The number of nitrogens with zero attached hydrogens (tertiary/aromatic N) is 2. The molecule has 0 radical (unpaired) electrons. The molecule has 5 nitrogen and oxygen atoms in total. The van der Waals surface area contributed by atoms with Gasteiger partial charge in [0, 0.05) is 6.04 Å². The van der Waals surface area contributed by atoms with E-state index in [2.05, 4.69) is 20.5 Å². The molecule has 0 amide bonds. The fourth-order valence-electron chi connectivity index (χ4n) is 1.84. The maximum absolute atomic E-state index is 9.32. The van der Waals surface area contributed by atoms with Crippen molar-refractivity contribution in [3.63, 3.8) is 0 Å². The van der Waals surface area contributed by atoms with Crippen molar-refractivity contribution in [1.29, 1.82) is 0 Å². The number of hydrogen-bond donors (Lipinski definition) is 3. The average molecular weight is 196 g/mol. The zero-order valence-electron chi connectivity index (χ0n) is 8.11. The SMILES string of the molecule is OC1CCC(NCc2ncn[nH]2)CC1. The molecule has 2 rings (SSSR count). The third-order valence-corrected chi connectivity index (χ3v) is 2.72. The quantitative estimate of drug-likeness (QED) is 0.645. The second-order valence-electron chi connectivity index (χ2n) is 3.82. The van der Waals surface area contributed by atoms with Gasteiger partial charge in [-0.2, -0.15) is 5.10 Å². The summed E-state index contributed by atoms with van der Waals surface area (Å²) in [4.78, 5) is 4.04. The standard InChI is InChI=1S/C9H16N4O/c14-8-3-1-7(2-4-8)10-5-9-11-6-12-13-9/h6-8,10,14H,1-5H2,(H,11,12,13). The second kappa shape index (κ2) is 4.52. The van der Waals surface area contributed by atoms with Gasteiger partial charge in [0.2, 0.25) is 0 Å². The van der Waals surface area contributed by atoms with Gasteiger partial charge in [0.05, 0.1) is 12.6 Å². The summed E-state index contributed by atoms with van der Waals surface area (Å²) in [5.41, 5.74) is 0. The maximum Gasteiger partial charge on any atom is 0.138 e. The predicted molar refractivity (Wildman–Crippen MR) is 51.5 cm³/mol. The highest BCUT2D eigenvalue weighted by atomic mass is 16.3. The molecule has 0 saturated heterocycles. The minimum atomic E-state index is -0.0849. The number of hydrogen-bond acceptors (Lipinski definition) is 4. The monoisotopic (exact) mass is 196 g/mol. The van der Waals surface area contributed by atoms with E-state index in [1.807, 2.05) is 0 Å². The molecule has 1 aliphatic rings. The molecule has 0 aliphatic heterocycles. The van der Waals surface area contributed by atoms with E-state index in [0.29, 0.717) is 6.04 Å². The van der Waals surface area contributed by atoms with Crippen LogP contribution < -0.4 is 5.32 Å². The predicted octanol–water partition coefficient (Wildman–Crippen LogP) is 0.198. The lowest BCUT2D eigenvalue weighted by Crippen LogP contribution is -2.34. The lowest BCUT2D eigenvalue weighted by molar-refractivity contribution is 0.116. The number of H-pyrrole nitrogens is 1. The minimum absolute atomic E-state index is 0.0849. The van der Waals surface area contributed by atoms with Crippen LogP contribution in [-0.2, 0) is 6.54 Å². The number of nitrogens with one attached hydrogen (secondary N) is 2. The molecule has 14 heavy (non-hydrogen) atoms. The number of aromatic amines is 1. The van der Waals surface area contributed by atoms with E-state index in [-0.39, 0.29) is 6.10 Å². The van der Waals surface area contributed by atoms with Crippen LogP contribution in [0.4, 0.5) is 0 Å². The fourth-order valence-corrected chi connectivity index (χ4v) is 1.84. The van der Waals surface area contributed by atoms with Gasteiger partial charge in [-0.05, 0) is 25.7 Å². The van der Waals surface area contributed by atoms with Crippen molar-refractivity contribution in [2.75, 3.05) is 0 Å². The van der Waals surface area contributed by atoms with Crippen LogP contribution in [0, 0.1) is 0 Å². The van der Waals surface area contributed by atoms with Crippen molar-refractivity contribution in [2.24, 2.45) is 0 Å². The molecule has 0 unspecified atom stereocenters. The molecule has 3 N–H and O–H groups in total. The van der Waals surface area contributed by atoms with Crippen molar-refractivity contribution in [2.45, 2.75) is 44.4 Å². The van der Waals surface area contributed by atoms with E-state index >= 15 is 0 Å². The van der Waals surface area contributed by atoms with Crippen molar-refractivity contribution in [3.8, 4) is 0 Å². The van der Waals surface area contributed by atoms with Crippen LogP contribution in [0.5, 0.6) is 0 Å². The zero-order valence-corrected chi connectivity index (χ0v) is 8.11. The Balaban J connectivity index is 1.71. The summed E-state index contributed by atoms with van der Waals surface area (Å²) in [6, 6.07) is 0.517. The lowest BCUT2D eigenvalue weighted by atomic mass is 9.93. The van der Waals surface area contributed by atoms with E-state index in [1.165, 1.54) is 6.33 Å². The van der Waals surface area contributed by atoms with Crippen LogP contribution in [0.2, 0.25) is 0 Å². The highest BCUT2D eigenvalue weighted by Crippen LogP contribution is 2.18. The molecule has 0 spiro atoms. The molecule has 1 aromatic heterocycles. The molecule has 5 heteroatoms. The van der Waals surface area contributed by atoms with E-state index in [9.17, 15) is 5.11 Å². The molecule has 1 aromatic rings. The van der Waals surface area contributed by atoms with Gasteiger partial charge in [0.1, 0.15) is 12.2 Å². The summed E-state index contributed by atoms with van der Waals surface area (Å²) in [7, 11) is 0.